The minimum absolute atomic E-state index is 0.0311. The Morgan fingerprint density at radius 3 is 2.50 bits per heavy atom. The van der Waals surface area contributed by atoms with E-state index in [1.165, 1.54) is 18.7 Å². The molecule has 5 heteroatoms. The van der Waals surface area contributed by atoms with Crippen LogP contribution in [0.3, 0.4) is 0 Å². The number of anilines is 1. The van der Waals surface area contributed by atoms with Gasteiger partial charge in [0.15, 0.2) is 18.1 Å². The zero-order chi connectivity index (χ0) is 15.9. The molecule has 0 unspecified atom stereocenters. The highest BCUT2D eigenvalue weighted by Crippen LogP contribution is 2.28. The predicted molar refractivity (Wildman–Crippen MR) is 84.6 cm³/mol. The molecule has 116 valence electrons. The number of rotatable bonds is 6. The van der Waals surface area contributed by atoms with Gasteiger partial charge in [0.2, 0.25) is 0 Å². The van der Waals surface area contributed by atoms with Crippen LogP contribution in [0.5, 0.6) is 17.2 Å². The highest BCUT2D eigenvalue weighted by atomic mass is 16.5. The molecule has 0 radical (unpaired) electrons. The summed E-state index contributed by atoms with van der Waals surface area (Å²) in [6.45, 7) is 1.98. The monoisotopic (exact) mass is 301 g/mol. The van der Waals surface area contributed by atoms with E-state index in [9.17, 15) is 9.90 Å². The Hall–Kier alpha value is -2.69. The Bertz CT molecular complexity index is 638. The highest BCUT2D eigenvalue weighted by molar-refractivity contribution is 5.92. The van der Waals surface area contributed by atoms with Gasteiger partial charge in [-0.05, 0) is 36.2 Å². The fourth-order valence-electron chi connectivity index (χ4n) is 1.94. The van der Waals surface area contributed by atoms with Crippen molar-refractivity contribution in [1.29, 1.82) is 0 Å². The van der Waals surface area contributed by atoms with Crippen LogP contribution in [0, 0.1) is 0 Å². The van der Waals surface area contributed by atoms with Crippen molar-refractivity contribution in [3.8, 4) is 17.2 Å². The molecular weight excluding hydrogens is 282 g/mol. The van der Waals surface area contributed by atoms with E-state index in [4.69, 9.17) is 9.47 Å². The van der Waals surface area contributed by atoms with Crippen molar-refractivity contribution in [3.63, 3.8) is 0 Å². The predicted octanol–water partition coefficient (Wildman–Crippen LogP) is 2.98. The van der Waals surface area contributed by atoms with Crippen molar-refractivity contribution in [3.05, 3.63) is 48.0 Å². The summed E-state index contributed by atoms with van der Waals surface area (Å²) >= 11 is 0. The summed E-state index contributed by atoms with van der Waals surface area (Å²) in [5.74, 6) is 0.663. The third-order valence-electron chi connectivity index (χ3n) is 3.16. The Labute approximate surface area is 129 Å². The summed E-state index contributed by atoms with van der Waals surface area (Å²) in [6.07, 6.45) is 0.960. The van der Waals surface area contributed by atoms with Gasteiger partial charge >= 0.3 is 0 Å². The lowest BCUT2D eigenvalue weighted by molar-refractivity contribution is -0.118. The van der Waals surface area contributed by atoms with E-state index in [0.717, 1.165) is 6.42 Å². The Morgan fingerprint density at radius 1 is 1.18 bits per heavy atom. The van der Waals surface area contributed by atoms with Crippen molar-refractivity contribution in [2.45, 2.75) is 13.3 Å². The Morgan fingerprint density at radius 2 is 1.91 bits per heavy atom. The lowest BCUT2D eigenvalue weighted by Crippen LogP contribution is -2.20. The minimum atomic E-state index is -0.302. The number of hydrogen-bond donors (Lipinski definition) is 2. The van der Waals surface area contributed by atoms with Gasteiger partial charge in [-0.1, -0.05) is 19.1 Å². The van der Waals surface area contributed by atoms with Crippen LogP contribution in [0.2, 0.25) is 0 Å². The summed E-state index contributed by atoms with van der Waals surface area (Å²) < 4.78 is 10.4. The summed E-state index contributed by atoms with van der Waals surface area (Å²) in [4.78, 5) is 11.8. The molecule has 0 saturated heterocycles. The Balaban J connectivity index is 1.88. The number of carbonyl (C=O) groups excluding carboxylic acids is 1. The lowest BCUT2D eigenvalue weighted by atomic mass is 10.2. The SMILES string of the molecule is CCc1ccc(OCC(=O)Nc2ccc(OC)c(O)c2)cc1. The van der Waals surface area contributed by atoms with Crippen molar-refractivity contribution in [1.82, 2.24) is 0 Å². The molecule has 0 bridgehead atoms. The topological polar surface area (TPSA) is 67.8 Å². The molecule has 2 aromatic rings. The van der Waals surface area contributed by atoms with Gasteiger partial charge in [-0.2, -0.15) is 0 Å². The number of methoxy groups -OCH3 is 1. The first-order valence-electron chi connectivity index (χ1n) is 7.01. The van der Waals surface area contributed by atoms with Crippen LogP contribution < -0.4 is 14.8 Å². The molecule has 0 saturated carbocycles. The second-order valence-electron chi connectivity index (χ2n) is 4.72. The van der Waals surface area contributed by atoms with E-state index in [1.807, 2.05) is 24.3 Å². The lowest BCUT2D eigenvalue weighted by Gasteiger charge is -2.09. The number of phenols is 1. The second-order valence-corrected chi connectivity index (χ2v) is 4.72. The quantitative estimate of drug-likeness (QED) is 0.860. The maximum atomic E-state index is 11.8. The molecule has 2 aromatic carbocycles. The van der Waals surface area contributed by atoms with E-state index >= 15 is 0 Å². The molecule has 0 aliphatic rings. The molecule has 0 atom stereocenters. The zero-order valence-electron chi connectivity index (χ0n) is 12.6. The number of nitrogens with one attached hydrogen (secondary N) is 1. The number of phenolic OH excluding ortho intramolecular Hbond substituents is 1. The molecular formula is C17H19NO4. The number of hydrogen-bond acceptors (Lipinski definition) is 4. The Kier molecular flexibility index (Phi) is 5.25. The maximum Gasteiger partial charge on any atom is 0.262 e. The number of carbonyl (C=O) groups is 1. The molecule has 1 amide bonds. The highest BCUT2D eigenvalue weighted by Gasteiger charge is 2.07. The van der Waals surface area contributed by atoms with Gasteiger partial charge in [-0.25, -0.2) is 0 Å². The van der Waals surface area contributed by atoms with Crippen LogP contribution in [0.4, 0.5) is 5.69 Å². The van der Waals surface area contributed by atoms with E-state index in [0.29, 0.717) is 17.2 Å². The third-order valence-corrected chi connectivity index (χ3v) is 3.16. The van der Waals surface area contributed by atoms with Crippen LogP contribution in [0.25, 0.3) is 0 Å². The van der Waals surface area contributed by atoms with Gasteiger partial charge in [0.1, 0.15) is 5.75 Å². The first-order chi connectivity index (χ1) is 10.6. The summed E-state index contributed by atoms with van der Waals surface area (Å²) in [6, 6.07) is 12.3. The molecule has 0 spiro atoms. The number of benzene rings is 2. The van der Waals surface area contributed by atoms with Crippen LogP contribution in [0.1, 0.15) is 12.5 Å². The van der Waals surface area contributed by atoms with Crippen molar-refractivity contribution in [2.24, 2.45) is 0 Å². The number of amides is 1. The number of ether oxygens (including phenoxy) is 2. The molecule has 22 heavy (non-hydrogen) atoms. The fraction of sp³-hybridized carbons (Fsp3) is 0.235. The van der Waals surface area contributed by atoms with Crippen molar-refractivity contribution in [2.75, 3.05) is 19.0 Å². The van der Waals surface area contributed by atoms with Crippen LogP contribution in [-0.2, 0) is 11.2 Å². The van der Waals surface area contributed by atoms with Crippen molar-refractivity contribution >= 4 is 11.6 Å². The van der Waals surface area contributed by atoms with E-state index in [1.54, 1.807) is 12.1 Å². The standard InChI is InChI=1S/C17H19NO4/c1-3-12-4-7-14(8-5-12)22-11-17(20)18-13-6-9-16(21-2)15(19)10-13/h4-10,19H,3,11H2,1-2H3,(H,18,20). The largest absolute Gasteiger partial charge is 0.504 e. The van der Waals surface area contributed by atoms with E-state index < -0.39 is 0 Å². The van der Waals surface area contributed by atoms with Gasteiger partial charge in [0, 0.05) is 11.8 Å². The van der Waals surface area contributed by atoms with Gasteiger partial charge in [-0.15, -0.1) is 0 Å². The molecule has 0 aliphatic carbocycles. The van der Waals surface area contributed by atoms with Crippen LogP contribution in [-0.4, -0.2) is 24.7 Å². The first kappa shape index (κ1) is 15.7. The second kappa shape index (κ2) is 7.36. The molecule has 2 rings (SSSR count). The van der Waals surface area contributed by atoms with Crippen LogP contribution >= 0.6 is 0 Å². The average Bonchev–Trinajstić information content (AvgIpc) is 2.53. The summed E-state index contributed by atoms with van der Waals surface area (Å²) in [7, 11) is 1.46. The average molecular weight is 301 g/mol. The van der Waals surface area contributed by atoms with E-state index in [2.05, 4.69) is 12.2 Å². The molecule has 0 aliphatic heterocycles. The van der Waals surface area contributed by atoms with Crippen molar-refractivity contribution < 1.29 is 19.4 Å². The first-order valence-corrected chi connectivity index (χ1v) is 7.01. The van der Waals surface area contributed by atoms with E-state index in [-0.39, 0.29) is 18.3 Å². The normalized spacial score (nSPS) is 10.1. The molecule has 0 fully saturated rings. The summed E-state index contributed by atoms with van der Waals surface area (Å²) in [5.41, 5.74) is 1.69. The smallest absolute Gasteiger partial charge is 0.262 e. The number of aryl methyl sites for hydroxylation is 1. The minimum Gasteiger partial charge on any atom is -0.504 e. The van der Waals surface area contributed by atoms with Gasteiger partial charge in [-0.3, -0.25) is 4.79 Å². The summed E-state index contributed by atoms with van der Waals surface area (Å²) in [5, 5.41) is 12.3. The van der Waals surface area contributed by atoms with Gasteiger partial charge < -0.3 is 19.9 Å². The number of aromatic hydroxyl groups is 1. The molecule has 5 nitrogen and oxygen atoms in total. The molecule has 0 heterocycles. The van der Waals surface area contributed by atoms with Gasteiger partial charge in [0.25, 0.3) is 5.91 Å². The molecule has 2 N–H and O–H groups in total. The zero-order valence-corrected chi connectivity index (χ0v) is 12.6. The molecule has 0 aromatic heterocycles. The fourth-order valence-corrected chi connectivity index (χ4v) is 1.94. The maximum absolute atomic E-state index is 11.8. The van der Waals surface area contributed by atoms with Crippen LogP contribution in [0.15, 0.2) is 42.5 Å². The third kappa shape index (κ3) is 4.15. The van der Waals surface area contributed by atoms with Gasteiger partial charge in [0.05, 0.1) is 7.11 Å².